The summed E-state index contributed by atoms with van der Waals surface area (Å²) in [5.41, 5.74) is 1.22. The summed E-state index contributed by atoms with van der Waals surface area (Å²) < 4.78 is 1.74. The number of nitrogens with zero attached hydrogens (tertiary/aromatic N) is 3. The highest BCUT2D eigenvalue weighted by molar-refractivity contribution is 7.24. The monoisotopic (exact) mass is 425 g/mol. The maximum absolute atomic E-state index is 12.2. The number of hydrogen-bond acceptors (Lipinski definition) is 8. The third-order valence-corrected chi connectivity index (χ3v) is 6.50. The number of carbonyl (C=O) groups is 2. The van der Waals surface area contributed by atoms with Crippen LogP contribution in [0.5, 0.6) is 0 Å². The van der Waals surface area contributed by atoms with Gasteiger partial charge in [0.15, 0.2) is 10.3 Å². The number of carboxylic acids is 1. The summed E-state index contributed by atoms with van der Waals surface area (Å²) in [5.74, 6) is -0.878. The van der Waals surface area contributed by atoms with Gasteiger partial charge in [-0.2, -0.15) is 0 Å². The van der Waals surface area contributed by atoms with Crippen LogP contribution in [0.1, 0.15) is 12.8 Å². The molecule has 2 aromatic heterocycles. The number of carboxylic acid groups (broad SMARTS) is 1. The Morgan fingerprint density at radius 1 is 1.07 bits per heavy atom. The first-order valence-electron chi connectivity index (χ1n) is 8.38. The van der Waals surface area contributed by atoms with Gasteiger partial charge in [-0.3, -0.25) is 9.59 Å². The molecule has 1 amide bonds. The van der Waals surface area contributed by atoms with Gasteiger partial charge in [-0.15, -0.1) is 0 Å². The molecular formula is C16H16ClN5O3S2. The predicted octanol–water partition coefficient (Wildman–Crippen LogP) is 3.09. The number of aliphatic carboxylic acids is 1. The first kappa shape index (κ1) is 18.2. The lowest BCUT2D eigenvalue weighted by Crippen LogP contribution is -2.32. The maximum atomic E-state index is 12.2. The second kappa shape index (κ2) is 7.45. The molecule has 0 unspecified atom stereocenters. The van der Waals surface area contributed by atoms with E-state index in [0.717, 1.165) is 35.3 Å². The number of likely N-dealkylation sites (tertiary alicyclic amines) is 1. The van der Waals surface area contributed by atoms with Crippen molar-refractivity contribution >= 4 is 76.8 Å². The second-order valence-electron chi connectivity index (χ2n) is 6.11. The average Bonchev–Trinajstić information content (AvgIpc) is 3.37. The number of nitrogens with one attached hydrogen (secondary N) is 2. The lowest BCUT2D eigenvalue weighted by Gasteiger charge is -2.14. The summed E-state index contributed by atoms with van der Waals surface area (Å²) in [6, 6.07) is 1.94. The van der Waals surface area contributed by atoms with Crippen molar-refractivity contribution in [1.82, 2.24) is 14.9 Å². The Hall–Kier alpha value is -2.17. The van der Waals surface area contributed by atoms with Crippen molar-refractivity contribution in [1.29, 1.82) is 0 Å². The van der Waals surface area contributed by atoms with Gasteiger partial charge in [0.2, 0.25) is 5.91 Å². The molecule has 3 N–H and O–H groups in total. The van der Waals surface area contributed by atoms with Crippen LogP contribution in [0.3, 0.4) is 0 Å². The zero-order valence-corrected chi connectivity index (χ0v) is 16.5. The standard InChI is InChI=1S/C16H16ClN5O3S2/c17-12-13-8(5-9-14(12)21-16(27-9)19-7-11(24)25)26-15(20-13)18-6-10(23)22-3-1-2-4-22/h5H,1-4,6-7H2,(H,18,20)(H,19,21)(H,24,25). The minimum Gasteiger partial charge on any atom is -0.480 e. The number of fused-ring (bicyclic) bond motifs is 2. The third kappa shape index (κ3) is 3.78. The number of hydrogen-bond donors (Lipinski definition) is 3. The molecule has 142 valence electrons. The van der Waals surface area contributed by atoms with Gasteiger partial charge in [-0.1, -0.05) is 34.3 Å². The molecule has 3 heterocycles. The van der Waals surface area contributed by atoms with Crippen molar-refractivity contribution in [3.8, 4) is 0 Å². The van der Waals surface area contributed by atoms with Crippen LogP contribution in [0, 0.1) is 0 Å². The molecule has 0 radical (unpaired) electrons. The van der Waals surface area contributed by atoms with Gasteiger partial charge >= 0.3 is 5.97 Å². The van der Waals surface area contributed by atoms with E-state index in [-0.39, 0.29) is 19.0 Å². The van der Waals surface area contributed by atoms with Crippen LogP contribution >= 0.6 is 34.3 Å². The molecule has 1 fully saturated rings. The summed E-state index contributed by atoms with van der Waals surface area (Å²) in [7, 11) is 0. The molecule has 27 heavy (non-hydrogen) atoms. The Kier molecular flexibility index (Phi) is 5.02. The molecular weight excluding hydrogens is 410 g/mol. The normalized spacial score (nSPS) is 14.2. The zero-order chi connectivity index (χ0) is 19.0. The fourth-order valence-electron chi connectivity index (χ4n) is 2.94. The van der Waals surface area contributed by atoms with Gasteiger partial charge < -0.3 is 20.6 Å². The van der Waals surface area contributed by atoms with Gasteiger partial charge in [0, 0.05) is 13.1 Å². The molecule has 0 bridgehead atoms. The summed E-state index contributed by atoms with van der Waals surface area (Å²) in [6.45, 7) is 1.66. The number of thiazole rings is 2. The quantitative estimate of drug-likeness (QED) is 0.557. The molecule has 1 aromatic carbocycles. The Bertz CT molecular complexity index is 1030. The SMILES string of the molecule is O=C(O)CNc1nc2c(Cl)c3nc(NCC(=O)N4CCCC4)sc3cc2s1. The number of benzene rings is 1. The molecule has 8 nitrogen and oxygen atoms in total. The number of aromatic nitrogens is 2. The van der Waals surface area contributed by atoms with E-state index in [2.05, 4.69) is 20.6 Å². The van der Waals surface area contributed by atoms with Gasteiger partial charge in [-0.25, -0.2) is 9.97 Å². The number of amides is 1. The summed E-state index contributed by atoms with van der Waals surface area (Å²) in [4.78, 5) is 33.6. The van der Waals surface area contributed by atoms with Gasteiger partial charge in [-0.05, 0) is 18.9 Å². The minimum absolute atomic E-state index is 0.0784. The van der Waals surface area contributed by atoms with Crippen molar-refractivity contribution in [2.75, 3.05) is 36.8 Å². The number of anilines is 2. The number of halogens is 1. The smallest absolute Gasteiger partial charge is 0.322 e. The molecule has 11 heteroatoms. The maximum Gasteiger partial charge on any atom is 0.322 e. The fraction of sp³-hybridized carbons (Fsp3) is 0.375. The van der Waals surface area contributed by atoms with Crippen LogP contribution in [-0.4, -0.2) is 58.0 Å². The lowest BCUT2D eigenvalue weighted by molar-refractivity contribution is -0.135. The Morgan fingerprint density at radius 2 is 1.63 bits per heavy atom. The highest BCUT2D eigenvalue weighted by atomic mass is 35.5. The summed E-state index contributed by atoms with van der Waals surface area (Å²) in [6.07, 6.45) is 2.13. The van der Waals surface area contributed by atoms with Crippen molar-refractivity contribution in [2.45, 2.75) is 12.8 Å². The van der Waals surface area contributed by atoms with E-state index in [1.165, 1.54) is 22.7 Å². The van der Waals surface area contributed by atoms with Crippen LogP contribution in [0.15, 0.2) is 6.07 Å². The summed E-state index contributed by atoms with van der Waals surface area (Å²) >= 11 is 9.24. The minimum atomic E-state index is -0.956. The van der Waals surface area contributed by atoms with Crippen molar-refractivity contribution in [3.05, 3.63) is 11.1 Å². The van der Waals surface area contributed by atoms with E-state index >= 15 is 0 Å². The zero-order valence-electron chi connectivity index (χ0n) is 14.1. The van der Waals surface area contributed by atoms with Gasteiger partial charge in [0.05, 0.1) is 21.0 Å². The topological polar surface area (TPSA) is 107 Å². The Morgan fingerprint density at radius 3 is 2.19 bits per heavy atom. The van der Waals surface area contributed by atoms with E-state index in [1.807, 2.05) is 11.0 Å². The summed E-state index contributed by atoms with van der Waals surface area (Å²) in [5, 5.41) is 16.2. The molecule has 0 aliphatic carbocycles. The molecule has 1 aliphatic heterocycles. The van der Waals surface area contributed by atoms with Crippen LogP contribution in [-0.2, 0) is 9.59 Å². The lowest BCUT2D eigenvalue weighted by atomic mass is 10.3. The molecule has 1 saturated heterocycles. The molecule has 4 rings (SSSR count). The Balaban J connectivity index is 1.54. The first-order chi connectivity index (χ1) is 13.0. The molecule has 0 spiro atoms. The van der Waals surface area contributed by atoms with Crippen molar-refractivity contribution in [2.24, 2.45) is 0 Å². The average molecular weight is 426 g/mol. The van der Waals surface area contributed by atoms with E-state index < -0.39 is 5.97 Å². The van der Waals surface area contributed by atoms with E-state index in [1.54, 1.807) is 0 Å². The van der Waals surface area contributed by atoms with Crippen LogP contribution in [0.4, 0.5) is 10.3 Å². The molecule has 3 aromatic rings. The van der Waals surface area contributed by atoms with E-state index in [9.17, 15) is 9.59 Å². The highest BCUT2D eigenvalue weighted by Crippen LogP contribution is 2.39. The molecule has 0 atom stereocenters. The van der Waals surface area contributed by atoms with Gasteiger partial charge in [0.25, 0.3) is 0 Å². The largest absolute Gasteiger partial charge is 0.480 e. The fourth-order valence-corrected chi connectivity index (χ4v) is 5.23. The van der Waals surface area contributed by atoms with E-state index in [0.29, 0.717) is 26.3 Å². The first-order valence-corrected chi connectivity index (χ1v) is 10.4. The van der Waals surface area contributed by atoms with Crippen molar-refractivity contribution < 1.29 is 14.7 Å². The molecule has 1 aliphatic rings. The van der Waals surface area contributed by atoms with Crippen molar-refractivity contribution in [3.63, 3.8) is 0 Å². The van der Waals surface area contributed by atoms with Gasteiger partial charge in [0.1, 0.15) is 17.6 Å². The highest BCUT2D eigenvalue weighted by Gasteiger charge is 2.19. The number of rotatable bonds is 6. The number of carbonyl (C=O) groups excluding carboxylic acids is 1. The van der Waals surface area contributed by atoms with Crippen LogP contribution in [0.2, 0.25) is 5.02 Å². The second-order valence-corrected chi connectivity index (χ2v) is 8.55. The van der Waals surface area contributed by atoms with Crippen LogP contribution in [0.25, 0.3) is 20.4 Å². The van der Waals surface area contributed by atoms with Crippen LogP contribution < -0.4 is 10.6 Å². The Labute approximate surface area is 167 Å². The third-order valence-electron chi connectivity index (χ3n) is 4.23. The predicted molar refractivity (Wildman–Crippen MR) is 108 cm³/mol. The van der Waals surface area contributed by atoms with E-state index in [4.69, 9.17) is 16.7 Å². The molecule has 0 saturated carbocycles.